The van der Waals surface area contributed by atoms with E-state index in [2.05, 4.69) is 9.71 Å². The van der Waals surface area contributed by atoms with Crippen LogP contribution in [0.15, 0.2) is 35.3 Å². The topological polar surface area (TPSA) is 50.4 Å². The largest absolute Gasteiger partial charge is 0.297 e. The lowest BCUT2D eigenvalue weighted by atomic mass is 10.2. The predicted octanol–water partition coefficient (Wildman–Crippen LogP) is 0.927. The Morgan fingerprint density at radius 3 is 2.67 bits per heavy atom. The third-order valence-electron chi connectivity index (χ3n) is 1.55. The van der Waals surface area contributed by atoms with Crippen molar-refractivity contribution in [2.24, 2.45) is 10.7 Å². The quantitative estimate of drug-likeness (QED) is 0.630. The fraction of sp³-hybridized carbons (Fsp3) is 0.125. The Bertz CT molecular complexity index is 296. The van der Waals surface area contributed by atoms with Gasteiger partial charge in [-0.15, -0.1) is 0 Å². The molecule has 0 saturated carbocycles. The molecule has 0 aliphatic carbocycles. The van der Waals surface area contributed by atoms with Crippen LogP contribution in [0, 0.1) is 0 Å². The fourth-order valence-corrected chi connectivity index (χ4v) is 1.71. The van der Waals surface area contributed by atoms with Crippen LogP contribution in [0.5, 0.6) is 0 Å². The summed E-state index contributed by atoms with van der Waals surface area (Å²) in [5, 5.41) is 0.961. The van der Waals surface area contributed by atoms with Gasteiger partial charge in [0.2, 0.25) is 0 Å². The number of nitrogens with two attached hydrogens (primary N) is 1. The van der Waals surface area contributed by atoms with E-state index in [-0.39, 0.29) is 6.29 Å². The second kappa shape index (κ2) is 3.26. The van der Waals surface area contributed by atoms with Crippen LogP contribution in [0.1, 0.15) is 5.56 Å². The molecule has 0 amide bonds. The Morgan fingerprint density at radius 1 is 1.33 bits per heavy atom. The van der Waals surface area contributed by atoms with Crippen LogP contribution in [-0.2, 0) is 0 Å². The van der Waals surface area contributed by atoms with Gasteiger partial charge in [0.05, 0.1) is 0 Å². The van der Waals surface area contributed by atoms with Gasteiger partial charge >= 0.3 is 0 Å². The molecule has 2 rings (SSSR count). The minimum absolute atomic E-state index is 0.259. The summed E-state index contributed by atoms with van der Waals surface area (Å²) in [4.78, 5) is 4.20. The van der Waals surface area contributed by atoms with Crippen LogP contribution in [0.2, 0.25) is 0 Å². The fourth-order valence-electron chi connectivity index (χ4n) is 1.01. The highest BCUT2D eigenvalue weighted by atomic mass is 32.2. The maximum absolute atomic E-state index is 5.54. The summed E-state index contributed by atoms with van der Waals surface area (Å²) >= 11 is 1.48. The van der Waals surface area contributed by atoms with Crippen LogP contribution >= 0.6 is 11.9 Å². The van der Waals surface area contributed by atoms with Gasteiger partial charge < -0.3 is 0 Å². The minimum Gasteiger partial charge on any atom is -0.297 e. The molecule has 1 aliphatic rings. The van der Waals surface area contributed by atoms with Crippen molar-refractivity contribution in [1.29, 1.82) is 0 Å². The van der Waals surface area contributed by atoms with Gasteiger partial charge in [-0.05, 0) is 11.9 Å². The summed E-state index contributed by atoms with van der Waals surface area (Å²) in [5.74, 6) is 0. The molecular formula is C8H9N3S. The lowest BCUT2D eigenvalue weighted by molar-refractivity contribution is 0.715. The van der Waals surface area contributed by atoms with E-state index in [1.54, 1.807) is 0 Å². The van der Waals surface area contributed by atoms with E-state index in [9.17, 15) is 0 Å². The molecule has 62 valence electrons. The number of benzene rings is 1. The molecule has 1 aromatic carbocycles. The van der Waals surface area contributed by atoms with Gasteiger partial charge in [-0.25, -0.2) is 9.71 Å². The third-order valence-corrected chi connectivity index (χ3v) is 2.45. The average molecular weight is 179 g/mol. The van der Waals surface area contributed by atoms with Crippen LogP contribution in [0.25, 0.3) is 0 Å². The van der Waals surface area contributed by atoms with E-state index < -0.39 is 0 Å². The van der Waals surface area contributed by atoms with Crippen LogP contribution in [-0.4, -0.2) is 11.3 Å². The van der Waals surface area contributed by atoms with Gasteiger partial charge in [-0.1, -0.05) is 30.3 Å². The molecule has 0 fully saturated rings. The summed E-state index contributed by atoms with van der Waals surface area (Å²) < 4.78 is 2.96. The predicted molar refractivity (Wildman–Crippen MR) is 51.7 cm³/mol. The monoisotopic (exact) mass is 179 g/mol. The van der Waals surface area contributed by atoms with Crippen molar-refractivity contribution >= 4 is 17.0 Å². The summed E-state index contributed by atoms with van der Waals surface area (Å²) in [6, 6.07) is 10.00. The molecule has 3 N–H and O–H groups in total. The Morgan fingerprint density at radius 2 is 2.08 bits per heavy atom. The molecule has 0 spiro atoms. The van der Waals surface area contributed by atoms with Gasteiger partial charge in [0.1, 0.15) is 5.04 Å². The summed E-state index contributed by atoms with van der Waals surface area (Å²) in [6.45, 7) is 0. The average Bonchev–Trinajstić information content (AvgIpc) is 2.54. The first-order valence-corrected chi connectivity index (χ1v) is 4.49. The summed E-state index contributed by atoms with van der Waals surface area (Å²) in [6.07, 6.45) is -0.259. The maximum atomic E-state index is 5.54. The lowest BCUT2D eigenvalue weighted by Crippen LogP contribution is -2.25. The standard InChI is InChI=1S/C8H9N3S/c9-8-10-7(12-11-8)6-4-2-1-3-5-6/h1-5,8,11H,9H2/t8-/m0/s1. The number of hydrogen-bond donors (Lipinski definition) is 2. The van der Waals surface area contributed by atoms with Crippen molar-refractivity contribution in [2.75, 3.05) is 0 Å². The Hall–Kier alpha value is -0.840. The number of nitrogens with one attached hydrogen (secondary N) is 1. The highest BCUT2D eigenvalue weighted by Gasteiger charge is 2.14. The zero-order chi connectivity index (χ0) is 8.39. The molecule has 0 unspecified atom stereocenters. The molecule has 1 aliphatic heterocycles. The molecular weight excluding hydrogens is 170 g/mol. The maximum Gasteiger partial charge on any atom is 0.161 e. The number of rotatable bonds is 1. The van der Waals surface area contributed by atoms with E-state index in [0.29, 0.717) is 0 Å². The van der Waals surface area contributed by atoms with Crippen LogP contribution in [0.3, 0.4) is 0 Å². The first-order valence-electron chi connectivity index (χ1n) is 3.67. The molecule has 0 saturated heterocycles. The van der Waals surface area contributed by atoms with Crippen molar-refractivity contribution in [3.8, 4) is 0 Å². The summed E-state index contributed by atoms with van der Waals surface area (Å²) in [5.41, 5.74) is 6.66. The van der Waals surface area contributed by atoms with Crippen molar-refractivity contribution in [3.63, 3.8) is 0 Å². The highest BCUT2D eigenvalue weighted by molar-refractivity contribution is 8.13. The van der Waals surface area contributed by atoms with E-state index in [0.717, 1.165) is 10.6 Å². The zero-order valence-electron chi connectivity index (χ0n) is 6.40. The van der Waals surface area contributed by atoms with Crippen molar-refractivity contribution in [3.05, 3.63) is 35.9 Å². The van der Waals surface area contributed by atoms with Gasteiger partial charge in [-0.3, -0.25) is 5.73 Å². The Kier molecular flexibility index (Phi) is 2.12. The lowest BCUT2D eigenvalue weighted by Gasteiger charge is -1.95. The number of aliphatic imine (C=N–C) groups is 1. The molecule has 0 bridgehead atoms. The zero-order valence-corrected chi connectivity index (χ0v) is 7.21. The van der Waals surface area contributed by atoms with Gasteiger partial charge in [0, 0.05) is 5.56 Å². The summed E-state index contributed by atoms with van der Waals surface area (Å²) in [7, 11) is 0. The van der Waals surface area contributed by atoms with E-state index >= 15 is 0 Å². The van der Waals surface area contributed by atoms with Crippen molar-refractivity contribution in [2.45, 2.75) is 6.29 Å². The third kappa shape index (κ3) is 1.50. The molecule has 1 heterocycles. The first-order chi connectivity index (χ1) is 5.86. The van der Waals surface area contributed by atoms with Gasteiger partial charge in [-0.2, -0.15) is 0 Å². The van der Waals surface area contributed by atoms with Gasteiger partial charge in [0.25, 0.3) is 0 Å². The molecule has 3 nitrogen and oxygen atoms in total. The van der Waals surface area contributed by atoms with E-state index in [1.807, 2.05) is 30.3 Å². The SMILES string of the molecule is N[C@H]1N=C(c2ccccc2)SN1. The van der Waals surface area contributed by atoms with E-state index in [4.69, 9.17) is 5.73 Å². The Labute approximate surface area is 75.2 Å². The highest BCUT2D eigenvalue weighted by Crippen LogP contribution is 2.16. The normalized spacial score (nSPS) is 22.4. The first kappa shape index (κ1) is 7.79. The van der Waals surface area contributed by atoms with Crippen LogP contribution < -0.4 is 10.5 Å². The van der Waals surface area contributed by atoms with Gasteiger partial charge in [0.15, 0.2) is 6.29 Å². The second-order valence-electron chi connectivity index (χ2n) is 2.47. The number of hydrogen-bond acceptors (Lipinski definition) is 4. The number of nitrogens with zero attached hydrogens (tertiary/aromatic N) is 1. The second-order valence-corrected chi connectivity index (χ2v) is 3.29. The van der Waals surface area contributed by atoms with E-state index in [1.165, 1.54) is 11.9 Å². The molecule has 1 aromatic rings. The molecule has 0 radical (unpaired) electrons. The molecule has 4 heteroatoms. The minimum atomic E-state index is -0.259. The van der Waals surface area contributed by atoms with Crippen LogP contribution in [0.4, 0.5) is 0 Å². The molecule has 1 atom stereocenters. The Balaban J connectivity index is 2.27. The molecule has 12 heavy (non-hydrogen) atoms. The smallest absolute Gasteiger partial charge is 0.161 e. The van der Waals surface area contributed by atoms with Crippen molar-refractivity contribution in [1.82, 2.24) is 4.72 Å². The molecule has 0 aromatic heterocycles. The van der Waals surface area contributed by atoms with Crippen molar-refractivity contribution < 1.29 is 0 Å².